The van der Waals surface area contributed by atoms with E-state index in [-0.39, 0.29) is 24.3 Å². The molecule has 278 valence electrons. The van der Waals surface area contributed by atoms with Gasteiger partial charge in [-0.15, -0.1) is 0 Å². The Morgan fingerprint density at radius 3 is 2.28 bits per heavy atom. The number of aromatic nitrogens is 2. The molecule has 0 radical (unpaired) electrons. The van der Waals surface area contributed by atoms with Crippen LogP contribution in [0, 0.1) is 5.92 Å². The van der Waals surface area contributed by atoms with E-state index < -0.39 is 23.8 Å². The van der Waals surface area contributed by atoms with Crippen molar-refractivity contribution in [3.63, 3.8) is 0 Å². The minimum atomic E-state index is -0.967. The number of hydrogen-bond donors (Lipinski definition) is 2. The summed E-state index contributed by atoms with van der Waals surface area (Å²) in [6.07, 6.45) is 3.51. The summed E-state index contributed by atoms with van der Waals surface area (Å²) in [5.74, 6) is 0.141. The second-order valence-electron chi connectivity index (χ2n) is 14.9. The zero-order valence-corrected chi connectivity index (χ0v) is 30.2. The van der Waals surface area contributed by atoms with Crippen LogP contribution in [0.15, 0.2) is 59.4 Å². The molecule has 14 nitrogen and oxygen atoms in total. The SMILES string of the molecule is COc1cc(OC)c2c(=O)[nH]c(-c3ccc(N4CCC(CN5CC6CC5CN6c5ccc6c(c5)C(=O)N(C5CCC(=O)NC5=O)C6=O)CC4)cc3)nc2c1. The van der Waals surface area contributed by atoms with E-state index in [1.54, 1.807) is 31.4 Å². The Kier molecular flexibility index (Phi) is 8.36. The lowest BCUT2D eigenvalue weighted by molar-refractivity contribution is -0.136. The lowest BCUT2D eigenvalue weighted by Gasteiger charge is -2.40. The van der Waals surface area contributed by atoms with Gasteiger partial charge in [-0.1, -0.05) is 0 Å². The van der Waals surface area contributed by atoms with E-state index in [4.69, 9.17) is 14.5 Å². The summed E-state index contributed by atoms with van der Waals surface area (Å²) < 4.78 is 10.8. The van der Waals surface area contributed by atoms with Crippen molar-refractivity contribution in [1.82, 2.24) is 25.1 Å². The molecule has 4 saturated heterocycles. The number of nitrogens with zero attached hydrogens (tertiary/aromatic N) is 5. The van der Waals surface area contributed by atoms with Crippen molar-refractivity contribution in [2.45, 2.75) is 50.2 Å². The lowest BCUT2D eigenvalue weighted by Crippen LogP contribution is -2.54. The first kappa shape index (κ1) is 34.0. The number of anilines is 2. The largest absolute Gasteiger partial charge is 0.497 e. The third-order valence-electron chi connectivity index (χ3n) is 11.9. The summed E-state index contributed by atoms with van der Waals surface area (Å²) in [6.45, 7) is 4.84. The number of likely N-dealkylation sites (tertiary alicyclic amines) is 1. The van der Waals surface area contributed by atoms with Gasteiger partial charge in [0.15, 0.2) is 0 Å². The van der Waals surface area contributed by atoms with E-state index in [1.165, 1.54) is 7.11 Å². The first-order chi connectivity index (χ1) is 26.2. The van der Waals surface area contributed by atoms with E-state index in [1.807, 2.05) is 18.2 Å². The highest BCUT2D eigenvalue weighted by Gasteiger charge is 2.47. The zero-order valence-electron chi connectivity index (χ0n) is 30.2. The number of ether oxygens (including phenoxy) is 2. The van der Waals surface area contributed by atoms with Crippen molar-refractivity contribution in [3.05, 3.63) is 76.1 Å². The molecule has 2 N–H and O–H groups in total. The molecule has 2 bridgehead atoms. The summed E-state index contributed by atoms with van der Waals surface area (Å²) in [6, 6.07) is 16.8. The summed E-state index contributed by atoms with van der Waals surface area (Å²) in [5, 5.41) is 2.64. The summed E-state index contributed by atoms with van der Waals surface area (Å²) in [4.78, 5) is 79.7. The normalized spacial score (nSPS) is 23.1. The van der Waals surface area contributed by atoms with Gasteiger partial charge in [-0.3, -0.25) is 39.1 Å². The first-order valence-corrected chi connectivity index (χ1v) is 18.6. The van der Waals surface area contributed by atoms with Gasteiger partial charge in [0.2, 0.25) is 11.8 Å². The standard InChI is InChI=1S/C40H41N7O7/c1-53-28-17-31-35(33(18-28)54-2)38(50)43-36(41-31)23-3-5-24(6-4-23)44-13-11-22(12-14-44)19-45-20-27-15-26(45)21-46(27)25-7-8-29-30(16-25)40(52)47(39(29)51)32-9-10-34(48)42-37(32)49/h3-8,16-18,22,26-27,32H,9-15,19-21H2,1-2H3,(H,41,43,50)(H,42,48,49). The first-order valence-electron chi connectivity index (χ1n) is 18.6. The van der Waals surface area contributed by atoms with Gasteiger partial charge in [-0.05, 0) is 74.1 Å². The van der Waals surface area contributed by atoms with Gasteiger partial charge in [-0.2, -0.15) is 0 Å². The molecule has 4 aromatic rings. The van der Waals surface area contributed by atoms with Crippen LogP contribution >= 0.6 is 0 Å². The second kappa shape index (κ2) is 13.3. The maximum atomic E-state index is 13.4. The smallest absolute Gasteiger partial charge is 0.262 e. The van der Waals surface area contributed by atoms with Gasteiger partial charge in [-0.25, -0.2) is 4.98 Å². The Bertz CT molecular complexity index is 2270. The number of hydrogen-bond acceptors (Lipinski definition) is 11. The Labute approximate surface area is 311 Å². The van der Waals surface area contributed by atoms with Crippen molar-refractivity contribution < 1.29 is 28.7 Å². The minimum absolute atomic E-state index is 0.0969. The maximum Gasteiger partial charge on any atom is 0.262 e. The number of amides is 4. The third kappa shape index (κ3) is 5.75. The summed E-state index contributed by atoms with van der Waals surface area (Å²) >= 11 is 0. The molecule has 6 heterocycles. The number of carbonyl (C=O) groups excluding carboxylic acids is 4. The monoisotopic (exact) mass is 731 g/mol. The summed E-state index contributed by atoms with van der Waals surface area (Å²) in [7, 11) is 3.08. The molecule has 4 fully saturated rings. The highest BCUT2D eigenvalue weighted by molar-refractivity contribution is 6.23. The molecular weight excluding hydrogens is 690 g/mol. The average molecular weight is 732 g/mol. The minimum Gasteiger partial charge on any atom is -0.497 e. The Morgan fingerprint density at radius 1 is 0.815 bits per heavy atom. The third-order valence-corrected chi connectivity index (χ3v) is 11.9. The van der Waals surface area contributed by atoms with E-state index in [0.29, 0.717) is 57.4 Å². The van der Waals surface area contributed by atoms with Crippen LogP contribution < -0.4 is 30.1 Å². The van der Waals surface area contributed by atoms with Gasteiger partial charge < -0.3 is 24.3 Å². The van der Waals surface area contributed by atoms with Gasteiger partial charge in [0.25, 0.3) is 17.4 Å². The lowest BCUT2D eigenvalue weighted by atomic mass is 9.95. The number of benzene rings is 3. The van der Waals surface area contributed by atoms with Gasteiger partial charge in [0.1, 0.15) is 28.8 Å². The van der Waals surface area contributed by atoms with Crippen molar-refractivity contribution >= 4 is 45.9 Å². The molecule has 3 aromatic carbocycles. The fraction of sp³-hybridized carbons (Fsp3) is 0.400. The van der Waals surface area contributed by atoms with Crippen LogP contribution in [0.2, 0.25) is 0 Å². The molecule has 0 aliphatic carbocycles. The number of rotatable bonds is 8. The van der Waals surface area contributed by atoms with Crippen LogP contribution in [0.4, 0.5) is 11.4 Å². The molecular formula is C40H41N7O7. The Hall–Kier alpha value is -5.76. The molecule has 9 rings (SSSR count). The zero-order chi connectivity index (χ0) is 37.2. The Morgan fingerprint density at radius 2 is 1.57 bits per heavy atom. The number of carbonyl (C=O) groups is 4. The second-order valence-corrected chi connectivity index (χ2v) is 14.9. The number of H-pyrrole nitrogens is 1. The van der Waals surface area contributed by atoms with Crippen LogP contribution in [-0.2, 0) is 9.59 Å². The van der Waals surface area contributed by atoms with E-state index in [0.717, 1.165) is 73.8 Å². The maximum absolute atomic E-state index is 13.4. The molecule has 4 amide bonds. The number of imide groups is 2. The quantitative estimate of drug-likeness (QED) is 0.257. The number of methoxy groups -OCH3 is 2. The number of piperidine rings is 2. The summed E-state index contributed by atoms with van der Waals surface area (Å²) in [5.41, 5.74) is 3.77. The van der Waals surface area contributed by atoms with Gasteiger partial charge >= 0.3 is 0 Å². The fourth-order valence-corrected chi connectivity index (χ4v) is 9.09. The molecule has 14 heteroatoms. The van der Waals surface area contributed by atoms with Crippen molar-refractivity contribution in [2.24, 2.45) is 5.92 Å². The van der Waals surface area contributed by atoms with E-state index in [2.05, 4.69) is 37.1 Å². The van der Waals surface area contributed by atoms with Crippen molar-refractivity contribution in [3.8, 4) is 22.9 Å². The Balaban J connectivity index is 0.798. The van der Waals surface area contributed by atoms with Crippen LogP contribution in [0.1, 0.15) is 52.8 Å². The van der Waals surface area contributed by atoms with E-state index >= 15 is 0 Å². The molecule has 3 atom stereocenters. The van der Waals surface area contributed by atoms with Crippen LogP contribution in [0.5, 0.6) is 11.5 Å². The highest BCUT2D eigenvalue weighted by Crippen LogP contribution is 2.39. The topological polar surface area (TPSA) is 157 Å². The molecule has 5 aliphatic rings. The number of piperazine rings is 1. The molecule has 0 spiro atoms. The fourth-order valence-electron chi connectivity index (χ4n) is 9.09. The van der Waals surface area contributed by atoms with Gasteiger partial charge in [0, 0.05) is 80.3 Å². The van der Waals surface area contributed by atoms with Crippen LogP contribution in [-0.4, -0.2) is 108 Å². The van der Waals surface area contributed by atoms with Crippen LogP contribution in [0.3, 0.4) is 0 Å². The highest BCUT2D eigenvalue weighted by atomic mass is 16.5. The number of aromatic amines is 1. The molecule has 5 aliphatic heterocycles. The molecule has 3 unspecified atom stereocenters. The number of fused-ring (bicyclic) bond motifs is 4. The average Bonchev–Trinajstić information content (AvgIpc) is 3.86. The molecule has 54 heavy (non-hydrogen) atoms. The number of nitrogens with one attached hydrogen (secondary N) is 2. The van der Waals surface area contributed by atoms with E-state index in [9.17, 15) is 24.0 Å². The predicted octanol–water partition coefficient (Wildman–Crippen LogP) is 3.19. The van der Waals surface area contributed by atoms with Gasteiger partial charge in [0.05, 0.1) is 30.9 Å². The van der Waals surface area contributed by atoms with Crippen LogP contribution in [0.25, 0.3) is 22.3 Å². The van der Waals surface area contributed by atoms with Crippen molar-refractivity contribution in [2.75, 3.05) is 56.7 Å². The molecule has 1 aromatic heterocycles. The predicted molar refractivity (Wildman–Crippen MR) is 200 cm³/mol. The molecule has 0 saturated carbocycles. The van der Waals surface area contributed by atoms with Crippen molar-refractivity contribution in [1.29, 1.82) is 0 Å².